The number of nitrogens with one attached hydrogen (secondary N) is 1. The summed E-state index contributed by atoms with van der Waals surface area (Å²) in [5, 5.41) is 4.96. The number of anilines is 2. The number of carbonyl (C=O) groups excluding carboxylic acids is 2. The van der Waals surface area contributed by atoms with E-state index < -0.39 is 5.92 Å². The summed E-state index contributed by atoms with van der Waals surface area (Å²) < 4.78 is 12.1. The van der Waals surface area contributed by atoms with Gasteiger partial charge in [0.05, 0.1) is 5.92 Å². The summed E-state index contributed by atoms with van der Waals surface area (Å²) in [5.74, 6) is 0.651. The van der Waals surface area contributed by atoms with Crippen molar-refractivity contribution in [2.24, 2.45) is 5.92 Å². The highest BCUT2D eigenvalue weighted by Crippen LogP contribution is 2.36. The zero-order valence-electron chi connectivity index (χ0n) is 17.4. The van der Waals surface area contributed by atoms with Gasteiger partial charge in [-0.25, -0.2) is 4.98 Å². The molecule has 32 heavy (non-hydrogen) atoms. The summed E-state index contributed by atoms with van der Waals surface area (Å²) in [6, 6.07) is 13.1. The number of hydrogen-bond acceptors (Lipinski definition) is 7. The molecule has 1 fully saturated rings. The number of aryl methyl sites for hydroxylation is 1. The lowest BCUT2D eigenvalue weighted by Crippen LogP contribution is -2.28. The Hall–Kier alpha value is -3.04. The molecule has 1 unspecified atom stereocenters. The topological polar surface area (TPSA) is 80.8 Å². The van der Waals surface area contributed by atoms with E-state index in [0.717, 1.165) is 14.9 Å². The van der Waals surface area contributed by atoms with Crippen molar-refractivity contribution >= 4 is 46.3 Å². The molecule has 2 aliphatic heterocycles. The fourth-order valence-electron chi connectivity index (χ4n) is 3.66. The number of carbonyl (C=O) groups is 2. The number of ether oxygens (including phenoxy) is 2. The van der Waals surface area contributed by atoms with Crippen molar-refractivity contribution in [1.29, 1.82) is 0 Å². The lowest BCUT2D eigenvalue weighted by atomic mass is 10.1. The molecule has 9 heteroatoms. The van der Waals surface area contributed by atoms with Crippen molar-refractivity contribution in [3.8, 4) is 11.5 Å². The standard InChI is InChI=1S/C23H21N3O4S2/c1-14-13-31-23(24-14)32-18-5-2-16(3-6-18)25-22(28)15-10-21(27)26(12-15)17-4-7-19-20(11-17)30-9-8-29-19/h2-7,11,13,15H,8-10,12H2,1H3,(H,25,28). The quantitative estimate of drug-likeness (QED) is 0.600. The van der Waals surface area contributed by atoms with E-state index in [0.29, 0.717) is 42.6 Å². The van der Waals surface area contributed by atoms with Crippen LogP contribution in [0.1, 0.15) is 12.1 Å². The smallest absolute Gasteiger partial charge is 0.229 e. The Labute approximate surface area is 193 Å². The molecule has 1 atom stereocenters. The van der Waals surface area contributed by atoms with Crippen molar-refractivity contribution in [2.45, 2.75) is 22.6 Å². The van der Waals surface area contributed by atoms with Gasteiger partial charge in [0.15, 0.2) is 15.8 Å². The molecule has 0 saturated carbocycles. The van der Waals surface area contributed by atoms with Crippen LogP contribution >= 0.6 is 23.1 Å². The van der Waals surface area contributed by atoms with Crippen LogP contribution in [0.2, 0.25) is 0 Å². The predicted molar refractivity (Wildman–Crippen MR) is 124 cm³/mol. The first-order valence-corrected chi connectivity index (χ1v) is 12.0. The van der Waals surface area contributed by atoms with Gasteiger partial charge >= 0.3 is 0 Å². The van der Waals surface area contributed by atoms with E-state index in [1.54, 1.807) is 40.1 Å². The van der Waals surface area contributed by atoms with Gasteiger partial charge in [0, 0.05) is 46.4 Å². The van der Waals surface area contributed by atoms with Gasteiger partial charge in [-0.2, -0.15) is 0 Å². The molecule has 2 amide bonds. The second-order valence-corrected chi connectivity index (χ2v) is 9.78. The summed E-state index contributed by atoms with van der Waals surface area (Å²) in [7, 11) is 0. The average Bonchev–Trinajstić information content (AvgIpc) is 3.40. The lowest BCUT2D eigenvalue weighted by Gasteiger charge is -2.22. The van der Waals surface area contributed by atoms with E-state index in [4.69, 9.17) is 9.47 Å². The molecule has 2 aromatic carbocycles. The summed E-state index contributed by atoms with van der Waals surface area (Å²) >= 11 is 3.21. The van der Waals surface area contributed by atoms with E-state index in [9.17, 15) is 9.59 Å². The van der Waals surface area contributed by atoms with Crippen LogP contribution in [0.3, 0.4) is 0 Å². The number of benzene rings is 2. The molecule has 1 saturated heterocycles. The van der Waals surface area contributed by atoms with Crippen LogP contribution in [0.25, 0.3) is 0 Å². The van der Waals surface area contributed by atoms with Gasteiger partial charge in [-0.1, -0.05) is 11.8 Å². The van der Waals surface area contributed by atoms with Crippen molar-refractivity contribution in [3.05, 3.63) is 53.5 Å². The molecule has 1 aromatic heterocycles. The third-order valence-electron chi connectivity index (χ3n) is 5.26. The molecular formula is C23H21N3O4S2. The van der Waals surface area contributed by atoms with Crippen molar-refractivity contribution in [2.75, 3.05) is 30.0 Å². The Morgan fingerprint density at radius 2 is 1.94 bits per heavy atom. The molecule has 0 radical (unpaired) electrons. The van der Waals surface area contributed by atoms with Gasteiger partial charge in [0.25, 0.3) is 0 Å². The van der Waals surface area contributed by atoms with Gasteiger partial charge in [-0.15, -0.1) is 11.3 Å². The van der Waals surface area contributed by atoms with Crippen LogP contribution < -0.4 is 19.7 Å². The van der Waals surface area contributed by atoms with Crippen molar-refractivity contribution in [1.82, 2.24) is 4.98 Å². The van der Waals surface area contributed by atoms with Crippen molar-refractivity contribution in [3.63, 3.8) is 0 Å². The number of nitrogens with zero attached hydrogens (tertiary/aromatic N) is 2. The molecule has 3 aromatic rings. The van der Waals surface area contributed by atoms with Crippen LogP contribution in [0.4, 0.5) is 11.4 Å². The molecule has 0 spiro atoms. The van der Waals surface area contributed by atoms with Gasteiger partial charge in [-0.3, -0.25) is 9.59 Å². The Morgan fingerprint density at radius 1 is 1.16 bits per heavy atom. The molecule has 2 aliphatic rings. The van der Waals surface area contributed by atoms with Gasteiger partial charge in [0.2, 0.25) is 11.8 Å². The van der Waals surface area contributed by atoms with Crippen LogP contribution in [-0.4, -0.2) is 36.6 Å². The third-order valence-corrected chi connectivity index (χ3v) is 7.32. The number of amides is 2. The molecule has 0 aliphatic carbocycles. The van der Waals surface area contributed by atoms with Crippen molar-refractivity contribution < 1.29 is 19.1 Å². The van der Waals surface area contributed by atoms with Crippen LogP contribution in [0.15, 0.2) is 57.1 Å². The van der Waals surface area contributed by atoms with E-state index in [1.165, 1.54) is 0 Å². The SMILES string of the molecule is Cc1csc(Sc2ccc(NC(=O)C3CC(=O)N(c4ccc5c(c4)OCCO5)C3)cc2)n1. The highest BCUT2D eigenvalue weighted by molar-refractivity contribution is 8.01. The maximum absolute atomic E-state index is 12.8. The first-order valence-electron chi connectivity index (χ1n) is 10.3. The number of rotatable bonds is 5. The Kier molecular flexibility index (Phi) is 5.75. The number of hydrogen-bond donors (Lipinski definition) is 1. The third kappa shape index (κ3) is 4.44. The molecule has 7 nitrogen and oxygen atoms in total. The van der Waals surface area contributed by atoms with Crippen LogP contribution in [0.5, 0.6) is 11.5 Å². The van der Waals surface area contributed by atoms with Crippen LogP contribution in [0, 0.1) is 12.8 Å². The van der Waals surface area contributed by atoms with Gasteiger partial charge < -0.3 is 19.7 Å². The molecule has 5 rings (SSSR count). The lowest BCUT2D eigenvalue weighted by molar-refractivity contribution is -0.122. The second kappa shape index (κ2) is 8.84. The van der Waals surface area contributed by atoms with E-state index in [1.807, 2.05) is 42.6 Å². The summed E-state index contributed by atoms with van der Waals surface area (Å²) in [5.41, 5.74) is 2.44. The Bertz CT molecular complexity index is 1160. The Morgan fingerprint density at radius 3 is 2.69 bits per heavy atom. The minimum atomic E-state index is -0.414. The molecule has 1 N–H and O–H groups in total. The summed E-state index contributed by atoms with van der Waals surface area (Å²) in [4.78, 5) is 32.5. The van der Waals surface area contributed by atoms with E-state index >= 15 is 0 Å². The molecule has 0 bridgehead atoms. The second-order valence-electron chi connectivity index (χ2n) is 7.60. The number of fused-ring (bicyclic) bond motifs is 1. The first-order chi connectivity index (χ1) is 15.5. The maximum atomic E-state index is 12.8. The maximum Gasteiger partial charge on any atom is 0.229 e. The molecule has 3 heterocycles. The normalized spacial score (nSPS) is 17.5. The number of thiazole rings is 1. The van der Waals surface area contributed by atoms with E-state index in [2.05, 4.69) is 10.3 Å². The zero-order valence-corrected chi connectivity index (χ0v) is 19.0. The molecule has 164 valence electrons. The monoisotopic (exact) mass is 467 g/mol. The molecular weight excluding hydrogens is 446 g/mol. The minimum Gasteiger partial charge on any atom is -0.486 e. The van der Waals surface area contributed by atoms with Gasteiger partial charge in [-0.05, 0) is 43.3 Å². The summed E-state index contributed by atoms with van der Waals surface area (Å²) in [6.07, 6.45) is 0.178. The largest absolute Gasteiger partial charge is 0.486 e. The predicted octanol–water partition coefficient (Wildman–Crippen LogP) is 4.37. The minimum absolute atomic E-state index is 0.0766. The zero-order chi connectivity index (χ0) is 22.1. The number of aromatic nitrogens is 1. The highest BCUT2D eigenvalue weighted by atomic mass is 32.2. The fraction of sp³-hybridized carbons (Fsp3) is 0.261. The highest BCUT2D eigenvalue weighted by Gasteiger charge is 2.35. The first kappa shape index (κ1) is 20.8. The van der Waals surface area contributed by atoms with Crippen LogP contribution in [-0.2, 0) is 9.59 Å². The summed E-state index contributed by atoms with van der Waals surface area (Å²) in [6.45, 7) is 3.31. The van der Waals surface area contributed by atoms with E-state index in [-0.39, 0.29) is 18.2 Å². The Balaban J connectivity index is 1.21. The van der Waals surface area contributed by atoms with Gasteiger partial charge in [0.1, 0.15) is 13.2 Å². The fourth-order valence-corrected chi connectivity index (χ4v) is 5.47. The average molecular weight is 468 g/mol.